The minimum absolute atomic E-state index is 0.0587. The number of carboxylic acids is 1. The van der Waals surface area contributed by atoms with Crippen LogP contribution in [0.25, 0.3) is 0 Å². The molecule has 1 saturated heterocycles. The highest BCUT2D eigenvalue weighted by Gasteiger charge is 2.39. The van der Waals surface area contributed by atoms with Crippen LogP contribution in [-0.4, -0.2) is 63.4 Å². The molecule has 0 spiro atoms. The Morgan fingerprint density at radius 1 is 0.977 bits per heavy atom. The van der Waals surface area contributed by atoms with Gasteiger partial charge >= 0.3 is 5.97 Å². The van der Waals surface area contributed by atoms with Crippen molar-refractivity contribution >= 4 is 17.6 Å². The van der Waals surface area contributed by atoms with E-state index in [1.165, 1.54) is 0 Å². The first-order valence-corrected chi connectivity index (χ1v) is 14.4. The molecule has 0 saturated carbocycles. The number of carbonyl (C=O) groups is 2. The van der Waals surface area contributed by atoms with Gasteiger partial charge in [0.2, 0.25) is 5.91 Å². The third-order valence-electron chi connectivity index (χ3n) is 7.59. The van der Waals surface area contributed by atoms with Gasteiger partial charge < -0.3 is 40.1 Å². The summed E-state index contributed by atoms with van der Waals surface area (Å²) in [5.41, 5.74) is 3.61. The van der Waals surface area contributed by atoms with E-state index in [9.17, 15) is 24.9 Å². The number of hydrogen-bond acceptors (Lipinski definition) is 8. The van der Waals surface area contributed by atoms with Crippen LogP contribution in [0.2, 0.25) is 0 Å². The fourth-order valence-electron chi connectivity index (χ4n) is 5.23. The van der Waals surface area contributed by atoms with E-state index in [2.05, 4.69) is 12.2 Å². The van der Waals surface area contributed by atoms with Crippen molar-refractivity contribution in [3.63, 3.8) is 0 Å². The SMILES string of the molecule is C[C@H]1[C@@H](CN(C)C[C@@H](O)c2cccc(O)c2)O[C@@H](c2cccc(NC(=O)CCCC(=O)O)c2)O[C@H]1c1ccc(CO)cc1. The molecule has 230 valence electrons. The molecule has 0 bridgehead atoms. The first-order valence-electron chi connectivity index (χ1n) is 14.4. The summed E-state index contributed by atoms with van der Waals surface area (Å²) in [5.74, 6) is -1.19. The zero-order chi connectivity index (χ0) is 30.9. The minimum atomic E-state index is -0.940. The summed E-state index contributed by atoms with van der Waals surface area (Å²) in [6.45, 7) is 2.80. The summed E-state index contributed by atoms with van der Waals surface area (Å²) in [6, 6.07) is 21.4. The number of rotatable bonds is 13. The molecule has 0 radical (unpaired) electrons. The number of hydrogen-bond donors (Lipinski definition) is 5. The number of phenolic OH excluding ortho intramolecular Hbond substituents is 1. The Labute approximate surface area is 251 Å². The molecule has 3 aromatic rings. The van der Waals surface area contributed by atoms with Crippen LogP contribution in [0.15, 0.2) is 72.8 Å². The fourth-order valence-corrected chi connectivity index (χ4v) is 5.23. The predicted molar refractivity (Wildman–Crippen MR) is 160 cm³/mol. The van der Waals surface area contributed by atoms with E-state index in [4.69, 9.17) is 14.6 Å². The maximum atomic E-state index is 12.4. The average Bonchev–Trinajstić information content (AvgIpc) is 2.98. The van der Waals surface area contributed by atoms with Gasteiger partial charge in [0, 0.05) is 43.1 Å². The summed E-state index contributed by atoms with van der Waals surface area (Å²) in [6.07, 6.45) is -1.92. The third-order valence-corrected chi connectivity index (χ3v) is 7.59. The van der Waals surface area contributed by atoms with Crippen LogP contribution in [-0.2, 0) is 25.7 Å². The molecule has 0 aromatic heterocycles. The second kappa shape index (κ2) is 15.1. The number of amides is 1. The second-order valence-electron chi connectivity index (χ2n) is 11.1. The number of anilines is 1. The molecule has 10 nitrogen and oxygen atoms in total. The lowest BCUT2D eigenvalue weighted by atomic mass is 9.90. The normalized spacial score (nSPS) is 21.0. The lowest BCUT2D eigenvalue weighted by Crippen LogP contribution is -2.44. The molecule has 1 aliphatic heterocycles. The van der Waals surface area contributed by atoms with E-state index >= 15 is 0 Å². The molecule has 3 aromatic carbocycles. The van der Waals surface area contributed by atoms with E-state index < -0.39 is 18.4 Å². The number of aromatic hydroxyl groups is 1. The largest absolute Gasteiger partial charge is 0.508 e. The van der Waals surface area contributed by atoms with E-state index in [-0.39, 0.29) is 55.7 Å². The predicted octanol–water partition coefficient (Wildman–Crippen LogP) is 4.53. The van der Waals surface area contributed by atoms with Crippen LogP contribution in [0.4, 0.5) is 5.69 Å². The van der Waals surface area contributed by atoms with Crippen molar-refractivity contribution in [2.45, 2.75) is 57.4 Å². The lowest BCUT2D eigenvalue weighted by molar-refractivity contribution is -0.276. The Bertz CT molecular complexity index is 1370. The maximum absolute atomic E-state index is 12.4. The number of nitrogens with zero attached hydrogens (tertiary/aromatic N) is 1. The molecule has 1 aliphatic rings. The quantitative estimate of drug-likeness (QED) is 0.193. The van der Waals surface area contributed by atoms with E-state index in [1.54, 1.807) is 42.5 Å². The van der Waals surface area contributed by atoms with Crippen LogP contribution in [0, 0.1) is 5.92 Å². The average molecular weight is 593 g/mol. The molecule has 5 N–H and O–H groups in total. The monoisotopic (exact) mass is 592 g/mol. The van der Waals surface area contributed by atoms with Crippen molar-refractivity contribution in [3.05, 3.63) is 95.1 Å². The summed E-state index contributed by atoms with van der Waals surface area (Å²) in [4.78, 5) is 25.1. The van der Waals surface area contributed by atoms with Crippen molar-refractivity contribution in [1.82, 2.24) is 4.90 Å². The standard InChI is InChI=1S/C33H40N2O8/c1-21-29(19-35(2)18-28(38)24-6-4-9-27(37)17-24)42-33(43-32(21)23-14-12-22(20-36)13-15-23)25-7-3-8-26(16-25)34-30(39)10-5-11-31(40)41/h3-4,6-9,12-17,21,28-29,32-33,36-38H,5,10-11,18-20H2,1-2H3,(H,34,39)(H,40,41)/t21-,28+,29+,32+,33+/m0/s1. The van der Waals surface area contributed by atoms with Crippen molar-refractivity contribution in [3.8, 4) is 5.75 Å². The number of aliphatic carboxylic acids is 1. The van der Waals surface area contributed by atoms with Crippen LogP contribution in [0.5, 0.6) is 5.75 Å². The molecule has 4 rings (SSSR count). The summed E-state index contributed by atoms with van der Waals surface area (Å²) >= 11 is 0. The van der Waals surface area contributed by atoms with Gasteiger partial charge in [-0.3, -0.25) is 9.59 Å². The number of ether oxygens (including phenoxy) is 2. The molecule has 1 amide bonds. The molecule has 5 atom stereocenters. The van der Waals surface area contributed by atoms with Crippen LogP contribution in [0.1, 0.15) is 66.9 Å². The first-order chi connectivity index (χ1) is 20.6. The van der Waals surface area contributed by atoms with Gasteiger partial charge in [0.05, 0.1) is 24.9 Å². The zero-order valence-corrected chi connectivity index (χ0v) is 24.4. The number of nitrogens with one attached hydrogen (secondary N) is 1. The first kappa shape index (κ1) is 32.1. The van der Waals surface area contributed by atoms with Crippen molar-refractivity contribution in [2.24, 2.45) is 5.92 Å². The topological polar surface area (TPSA) is 149 Å². The molecular weight excluding hydrogens is 552 g/mol. The Hall–Kier alpha value is -3.80. The summed E-state index contributed by atoms with van der Waals surface area (Å²) < 4.78 is 13.0. The number of likely N-dealkylation sites (N-methyl/N-ethyl adjacent to an activating group) is 1. The van der Waals surface area contributed by atoms with Crippen molar-refractivity contribution in [2.75, 3.05) is 25.5 Å². The molecule has 1 fully saturated rings. The lowest BCUT2D eigenvalue weighted by Gasteiger charge is -2.42. The van der Waals surface area contributed by atoms with Crippen LogP contribution < -0.4 is 5.32 Å². The van der Waals surface area contributed by atoms with Gasteiger partial charge in [-0.25, -0.2) is 0 Å². The van der Waals surface area contributed by atoms with Crippen molar-refractivity contribution < 1.29 is 39.5 Å². The number of carbonyl (C=O) groups excluding carboxylic acids is 1. The van der Waals surface area contributed by atoms with Crippen LogP contribution >= 0.6 is 0 Å². The molecule has 0 aliphatic carbocycles. The van der Waals surface area contributed by atoms with Crippen LogP contribution in [0.3, 0.4) is 0 Å². The smallest absolute Gasteiger partial charge is 0.303 e. The highest BCUT2D eigenvalue weighted by atomic mass is 16.7. The summed E-state index contributed by atoms with van der Waals surface area (Å²) in [5, 5.41) is 41.8. The van der Waals surface area contributed by atoms with E-state index in [0.29, 0.717) is 29.9 Å². The van der Waals surface area contributed by atoms with Gasteiger partial charge in [0.15, 0.2) is 6.29 Å². The Kier molecular flexibility index (Phi) is 11.3. The van der Waals surface area contributed by atoms with Gasteiger partial charge in [-0.2, -0.15) is 0 Å². The zero-order valence-electron chi connectivity index (χ0n) is 24.4. The number of phenols is 1. The highest BCUT2D eigenvalue weighted by molar-refractivity contribution is 5.90. The molecule has 1 heterocycles. The number of carboxylic acid groups (broad SMARTS) is 1. The molecule has 10 heteroatoms. The van der Waals surface area contributed by atoms with E-state index in [0.717, 1.165) is 11.1 Å². The summed E-state index contributed by atoms with van der Waals surface area (Å²) in [7, 11) is 1.90. The maximum Gasteiger partial charge on any atom is 0.303 e. The van der Waals surface area contributed by atoms with Crippen molar-refractivity contribution in [1.29, 1.82) is 0 Å². The van der Waals surface area contributed by atoms with Gasteiger partial charge in [0.1, 0.15) is 5.75 Å². The number of aliphatic hydroxyl groups excluding tert-OH is 2. The minimum Gasteiger partial charge on any atom is -0.508 e. The van der Waals surface area contributed by atoms with E-state index in [1.807, 2.05) is 42.3 Å². The number of benzene rings is 3. The fraction of sp³-hybridized carbons (Fsp3) is 0.394. The second-order valence-corrected chi connectivity index (χ2v) is 11.1. The van der Waals surface area contributed by atoms with Gasteiger partial charge in [0.25, 0.3) is 0 Å². The van der Waals surface area contributed by atoms with Gasteiger partial charge in [-0.05, 0) is 54.4 Å². The highest BCUT2D eigenvalue weighted by Crippen LogP contribution is 2.42. The Morgan fingerprint density at radius 2 is 1.72 bits per heavy atom. The molecule has 0 unspecified atom stereocenters. The van der Waals surface area contributed by atoms with Gasteiger partial charge in [-0.1, -0.05) is 55.5 Å². The molecule has 43 heavy (non-hydrogen) atoms. The Balaban J connectivity index is 1.51. The Morgan fingerprint density at radius 3 is 2.42 bits per heavy atom. The molecular formula is C33H40N2O8. The third kappa shape index (κ3) is 9.09. The number of aliphatic hydroxyl groups is 2. The van der Waals surface area contributed by atoms with Gasteiger partial charge in [-0.15, -0.1) is 0 Å².